The lowest BCUT2D eigenvalue weighted by Gasteiger charge is -2.29. The number of aromatic nitrogens is 2. The van der Waals surface area contributed by atoms with Crippen molar-refractivity contribution in [3.05, 3.63) is 35.5 Å². The van der Waals surface area contributed by atoms with Crippen molar-refractivity contribution in [1.29, 1.82) is 0 Å². The fourth-order valence-electron chi connectivity index (χ4n) is 4.58. The van der Waals surface area contributed by atoms with Crippen LogP contribution in [0.3, 0.4) is 0 Å². The molecule has 2 atom stereocenters. The van der Waals surface area contributed by atoms with Crippen molar-refractivity contribution in [2.75, 3.05) is 32.8 Å². The first-order valence-corrected chi connectivity index (χ1v) is 13.7. The normalized spacial score (nSPS) is 16.0. The Morgan fingerprint density at radius 2 is 1.71 bits per heavy atom. The highest BCUT2D eigenvalue weighted by Crippen LogP contribution is 2.33. The molecule has 0 aliphatic carbocycles. The molecule has 1 fully saturated rings. The van der Waals surface area contributed by atoms with Gasteiger partial charge in [0, 0.05) is 19.4 Å². The largest absolute Gasteiger partial charge is 0.490 e. The highest BCUT2D eigenvalue weighted by atomic mass is 19.4. The van der Waals surface area contributed by atoms with Crippen LogP contribution in [0.2, 0.25) is 0 Å². The first kappa shape index (κ1) is 34.8. The molecule has 0 spiro atoms. The third kappa shape index (κ3) is 11.5. The third-order valence-corrected chi connectivity index (χ3v) is 6.65. The van der Waals surface area contributed by atoms with Crippen LogP contribution in [0.1, 0.15) is 75.8 Å². The van der Waals surface area contributed by atoms with E-state index in [1.807, 2.05) is 25.1 Å². The maximum absolute atomic E-state index is 12.7. The van der Waals surface area contributed by atoms with Gasteiger partial charge >= 0.3 is 12.1 Å². The highest BCUT2D eigenvalue weighted by Gasteiger charge is 2.38. The number of unbranched alkanes of at least 4 members (excludes halogenated alkanes) is 3. The predicted molar refractivity (Wildman–Crippen MR) is 146 cm³/mol. The molecule has 1 amide bonds. The number of nitrogens with one attached hydrogen (secondary N) is 1. The summed E-state index contributed by atoms with van der Waals surface area (Å²) in [6.07, 6.45) is 1.37. The average Bonchev–Trinajstić information content (AvgIpc) is 3.61. The van der Waals surface area contributed by atoms with Gasteiger partial charge in [0.15, 0.2) is 17.3 Å². The maximum Gasteiger partial charge on any atom is 0.490 e. The van der Waals surface area contributed by atoms with Gasteiger partial charge in [0.25, 0.3) is 0 Å². The van der Waals surface area contributed by atoms with Gasteiger partial charge in [0.1, 0.15) is 19.3 Å². The van der Waals surface area contributed by atoms with E-state index < -0.39 is 18.2 Å². The second-order valence-electron chi connectivity index (χ2n) is 9.98. The van der Waals surface area contributed by atoms with E-state index in [4.69, 9.17) is 23.9 Å². The first-order chi connectivity index (χ1) is 19.5. The van der Waals surface area contributed by atoms with Gasteiger partial charge in [-0.15, -0.1) is 0 Å². The predicted octanol–water partition coefficient (Wildman–Crippen LogP) is 4.23. The third-order valence-electron chi connectivity index (χ3n) is 6.65. The molecule has 0 unspecified atom stereocenters. The van der Waals surface area contributed by atoms with E-state index in [-0.39, 0.29) is 19.4 Å². The van der Waals surface area contributed by atoms with Gasteiger partial charge in [-0.25, -0.2) is 4.79 Å². The van der Waals surface area contributed by atoms with Crippen LogP contribution in [0, 0.1) is 6.92 Å². The second kappa shape index (κ2) is 16.9. The molecule has 1 aromatic carbocycles. The molecule has 42 heavy (non-hydrogen) atoms. The molecule has 236 valence electrons. The number of likely N-dealkylation sites (tertiary alicyclic amines) is 1. The molecule has 0 saturated carbocycles. The van der Waals surface area contributed by atoms with Gasteiger partial charge in [-0.1, -0.05) is 31.5 Å². The molecule has 2 aliphatic heterocycles. The SMILES string of the molecule is C.Cc1noc(CCCCCCC(=O)N[C@H](CN2CCCC2)[C@H](O)c2ccc3c(c2)OCCO3)n1.O=C(O)C(F)(F)F. The van der Waals surface area contributed by atoms with Gasteiger partial charge in [-0.2, -0.15) is 18.2 Å². The minimum atomic E-state index is -5.08. The van der Waals surface area contributed by atoms with E-state index in [9.17, 15) is 23.1 Å². The van der Waals surface area contributed by atoms with Crippen LogP contribution in [-0.2, 0) is 16.0 Å². The first-order valence-electron chi connectivity index (χ1n) is 13.7. The van der Waals surface area contributed by atoms with E-state index in [1.165, 1.54) is 0 Å². The molecule has 14 heteroatoms. The topological polar surface area (TPSA) is 147 Å². The van der Waals surface area contributed by atoms with E-state index >= 15 is 0 Å². The van der Waals surface area contributed by atoms with E-state index in [0.717, 1.165) is 63.6 Å². The zero-order valence-corrected chi connectivity index (χ0v) is 23.0. The van der Waals surface area contributed by atoms with Crippen LogP contribution in [0.5, 0.6) is 11.5 Å². The van der Waals surface area contributed by atoms with Crippen molar-refractivity contribution in [2.45, 2.75) is 84.0 Å². The number of ether oxygens (including phenoxy) is 2. The summed E-state index contributed by atoms with van der Waals surface area (Å²) in [5, 5.41) is 25.2. The Hall–Kier alpha value is -3.39. The Balaban J connectivity index is 0.000000687. The minimum Gasteiger partial charge on any atom is -0.486 e. The van der Waals surface area contributed by atoms with Gasteiger partial charge in [-0.3, -0.25) is 4.79 Å². The van der Waals surface area contributed by atoms with Crippen LogP contribution >= 0.6 is 0 Å². The molecular weight excluding hydrogens is 561 g/mol. The van der Waals surface area contributed by atoms with Crippen LogP contribution in [0.15, 0.2) is 22.7 Å². The lowest BCUT2D eigenvalue weighted by Crippen LogP contribution is -2.46. The summed E-state index contributed by atoms with van der Waals surface area (Å²) in [6.45, 7) is 5.46. The molecule has 2 aromatic rings. The van der Waals surface area contributed by atoms with Crippen LogP contribution in [0.25, 0.3) is 0 Å². The number of hydrogen-bond acceptors (Lipinski definition) is 9. The molecule has 2 aliphatic rings. The summed E-state index contributed by atoms with van der Waals surface area (Å²) in [5.41, 5.74) is 0.727. The monoisotopic (exact) mass is 602 g/mol. The Kier molecular flexibility index (Phi) is 14.0. The van der Waals surface area contributed by atoms with Gasteiger partial charge in [0.2, 0.25) is 11.8 Å². The number of aryl methyl sites for hydroxylation is 2. The number of hydrogen-bond donors (Lipinski definition) is 3. The number of aliphatic hydroxyl groups is 1. The number of fused-ring (bicyclic) bond motifs is 1. The molecule has 3 N–H and O–H groups in total. The fourth-order valence-corrected chi connectivity index (χ4v) is 4.58. The van der Waals surface area contributed by atoms with E-state index in [1.54, 1.807) is 0 Å². The zero-order chi connectivity index (χ0) is 29.8. The molecule has 3 heterocycles. The van der Waals surface area contributed by atoms with Crippen molar-refractivity contribution in [2.24, 2.45) is 0 Å². The van der Waals surface area contributed by atoms with Crippen molar-refractivity contribution < 1.29 is 47.0 Å². The van der Waals surface area contributed by atoms with Gasteiger partial charge < -0.3 is 34.4 Å². The molecule has 0 bridgehead atoms. The smallest absolute Gasteiger partial charge is 0.486 e. The Morgan fingerprint density at radius 1 is 1.07 bits per heavy atom. The number of carboxylic acid groups (broad SMARTS) is 1. The summed E-state index contributed by atoms with van der Waals surface area (Å²) < 4.78 is 48.1. The number of alkyl halides is 3. The molecule has 4 rings (SSSR count). The number of nitrogens with zero attached hydrogens (tertiary/aromatic N) is 3. The second-order valence-corrected chi connectivity index (χ2v) is 9.98. The molecular formula is C28H41F3N4O7. The number of aliphatic carboxylic acids is 1. The summed E-state index contributed by atoms with van der Waals surface area (Å²) >= 11 is 0. The van der Waals surface area contributed by atoms with E-state index in [0.29, 0.717) is 49.4 Å². The summed E-state index contributed by atoms with van der Waals surface area (Å²) in [4.78, 5) is 28.2. The molecule has 1 aromatic heterocycles. The minimum absolute atomic E-state index is 0. The quantitative estimate of drug-likeness (QED) is 0.302. The molecule has 11 nitrogen and oxygen atoms in total. The highest BCUT2D eigenvalue weighted by molar-refractivity contribution is 5.76. The van der Waals surface area contributed by atoms with Crippen LogP contribution in [-0.4, -0.2) is 82.2 Å². The van der Waals surface area contributed by atoms with Crippen molar-refractivity contribution in [3.8, 4) is 11.5 Å². The number of halogens is 3. The Labute approximate surface area is 243 Å². The lowest BCUT2D eigenvalue weighted by atomic mass is 10.0. The lowest BCUT2D eigenvalue weighted by molar-refractivity contribution is -0.192. The number of aliphatic hydroxyl groups excluding tert-OH is 1. The average molecular weight is 603 g/mol. The number of benzene rings is 1. The number of carbonyl (C=O) groups is 2. The van der Waals surface area contributed by atoms with Crippen molar-refractivity contribution in [1.82, 2.24) is 20.4 Å². The van der Waals surface area contributed by atoms with Crippen LogP contribution in [0.4, 0.5) is 13.2 Å². The molecule has 0 radical (unpaired) electrons. The summed E-state index contributed by atoms with van der Waals surface area (Å²) in [7, 11) is 0. The maximum atomic E-state index is 12.7. The van der Waals surface area contributed by atoms with Crippen molar-refractivity contribution >= 4 is 11.9 Å². The Bertz CT molecular complexity index is 1120. The fraction of sp³-hybridized carbons (Fsp3) is 0.643. The van der Waals surface area contributed by atoms with Crippen molar-refractivity contribution in [3.63, 3.8) is 0 Å². The number of rotatable bonds is 12. The number of carbonyl (C=O) groups excluding carboxylic acids is 1. The van der Waals surface area contributed by atoms with Gasteiger partial charge in [-0.05, 0) is 63.4 Å². The standard InChI is InChI=1S/C25H36N4O5.C2HF3O2.CH4/c1-18-26-24(34-28-18)9-5-3-2-4-8-23(30)27-20(17-29-12-6-7-13-29)25(31)19-10-11-21-22(16-19)33-15-14-32-21;3-2(4,5)1(6)7;/h10-11,16,20,25,31H,2-9,12-15,17H2,1H3,(H,27,30);(H,6,7);1H4/t20-,25-;;/m1../s1. The van der Waals surface area contributed by atoms with Gasteiger partial charge in [0.05, 0.1) is 6.04 Å². The Morgan fingerprint density at radius 3 is 2.33 bits per heavy atom. The summed E-state index contributed by atoms with van der Waals surface area (Å²) in [6, 6.07) is 5.13. The summed E-state index contributed by atoms with van der Waals surface area (Å²) in [5.74, 6) is -0.108. The molecule has 1 saturated heterocycles. The number of amides is 1. The van der Waals surface area contributed by atoms with E-state index in [2.05, 4.69) is 20.4 Å². The van der Waals surface area contributed by atoms with Crippen LogP contribution < -0.4 is 14.8 Å². The number of carboxylic acids is 1. The zero-order valence-electron chi connectivity index (χ0n) is 23.0.